The van der Waals surface area contributed by atoms with E-state index in [1.54, 1.807) is 19.3 Å². The van der Waals surface area contributed by atoms with Crippen molar-refractivity contribution in [2.75, 3.05) is 13.1 Å². The summed E-state index contributed by atoms with van der Waals surface area (Å²) in [6.45, 7) is 6.24. The summed E-state index contributed by atoms with van der Waals surface area (Å²) in [6.07, 6.45) is 7.98. The van der Waals surface area contributed by atoms with E-state index < -0.39 is 0 Å². The van der Waals surface area contributed by atoms with Gasteiger partial charge in [-0.2, -0.15) is 0 Å². The Bertz CT molecular complexity index is 738. The average molecular weight is 370 g/mol. The summed E-state index contributed by atoms with van der Waals surface area (Å²) in [6, 6.07) is 7.21. The number of halogens is 1. The van der Waals surface area contributed by atoms with Crippen LogP contribution in [0.1, 0.15) is 50.3 Å². The van der Waals surface area contributed by atoms with Gasteiger partial charge in [-0.15, -0.1) is 0 Å². The minimum absolute atomic E-state index is 0.0869. The Kier molecular flexibility index (Phi) is 6.50. The summed E-state index contributed by atoms with van der Waals surface area (Å²) in [5, 5.41) is 0. The number of aromatic nitrogens is 2. The van der Waals surface area contributed by atoms with Gasteiger partial charge in [0.05, 0.1) is 0 Å². The molecule has 1 saturated heterocycles. The molecule has 1 fully saturated rings. The van der Waals surface area contributed by atoms with E-state index >= 15 is 0 Å². The van der Waals surface area contributed by atoms with Gasteiger partial charge in [0.15, 0.2) is 0 Å². The molecule has 1 aromatic heterocycles. The molecule has 0 bridgehead atoms. The smallest absolute Gasteiger partial charge is 0.219 e. The van der Waals surface area contributed by atoms with Crippen LogP contribution in [0.3, 0.4) is 0 Å². The highest BCUT2D eigenvalue weighted by Gasteiger charge is 2.26. The maximum atomic E-state index is 13.2. The molecule has 2 atom stereocenters. The van der Waals surface area contributed by atoms with Crippen molar-refractivity contribution in [3.8, 4) is 0 Å². The Labute approximate surface area is 160 Å². The van der Waals surface area contributed by atoms with E-state index in [0.29, 0.717) is 6.54 Å². The predicted molar refractivity (Wildman–Crippen MR) is 102 cm³/mol. The first-order valence-electron chi connectivity index (χ1n) is 9.55. The van der Waals surface area contributed by atoms with Crippen molar-refractivity contribution in [2.24, 2.45) is 0 Å². The van der Waals surface area contributed by atoms with Crippen LogP contribution in [0.5, 0.6) is 0 Å². The van der Waals surface area contributed by atoms with Crippen LogP contribution in [0.25, 0.3) is 0 Å². The molecule has 1 aromatic carbocycles. The summed E-state index contributed by atoms with van der Waals surface area (Å²) in [5.41, 5.74) is 2.08. The predicted octanol–water partition coefficient (Wildman–Crippen LogP) is 3.58. The Morgan fingerprint density at radius 2 is 1.93 bits per heavy atom. The third kappa shape index (κ3) is 5.10. The Morgan fingerprint density at radius 1 is 1.22 bits per heavy atom. The monoisotopic (exact) mass is 370 g/mol. The first kappa shape index (κ1) is 19.4. The SMILES string of the molecule is CC(=O)N(Cc1cncnc1)C1CCCN(C(C)c2ccc(F)cc2)CC1. The molecule has 0 spiro atoms. The van der Waals surface area contributed by atoms with Gasteiger partial charge in [0.2, 0.25) is 5.91 Å². The van der Waals surface area contributed by atoms with E-state index in [-0.39, 0.29) is 23.8 Å². The van der Waals surface area contributed by atoms with Gasteiger partial charge in [-0.1, -0.05) is 12.1 Å². The highest BCUT2D eigenvalue weighted by Crippen LogP contribution is 2.26. The Morgan fingerprint density at radius 3 is 2.59 bits per heavy atom. The first-order chi connectivity index (χ1) is 13.0. The number of benzene rings is 1. The van der Waals surface area contributed by atoms with Crippen molar-refractivity contribution in [1.82, 2.24) is 19.8 Å². The molecule has 0 saturated carbocycles. The highest BCUT2D eigenvalue weighted by atomic mass is 19.1. The molecule has 2 aromatic rings. The normalized spacial score (nSPS) is 19.3. The van der Waals surface area contributed by atoms with Crippen molar-refractivity contribution in [2.45, 2.75) is 51.7 Å². The topological polar surface area (TPSA) is 49.3 Å². The summed E-state index contributed by atoms with van der Waals surface area (Å²) in [4.78, 5) is 24.7. The molecule has 1 amide bonds. The molecular weight excluding hydrogens is 343 g/mol. The summed E-state index contributed by atoms with van der Waals surface area (Å²) >= 11 is 0. The Balaban J connectivity index is 1.65. The van der Waals surface area contributed by atoms with Crippen molar-refractivity contribution in [3.05, 3.63) is 59.9 Å². The van der Waals surface area contributed by atoms with Gasteiger partial charge in [-0.25, -0.2) is 14.4 Å². The minimum Gasteiger partial charge on any atom is -0.335 e. The van der Waals surface area contributed by atoms with Gasteiger partial charge in [0.1, 0.15) is 12.1 Å². The lowest BCUT2D eigenvalue weighted by Crippen LogP contribution is -2.39. The largest absolute Gasteiger partial charge is 0.335 e. The zero-order valence-corrected chi connectivity index (χ0v) is 16.0. The second kappa shape index (κ2) is 9.04. The van der Waals surface area contributed by atoms with E-state index in [0.717, 1.165) is 43.5 Å². The zero-order chi connectivity index (χ0) is 19.2. The maximum Gasteiger partial charge on any atom is 0.219 e. The van der Waals surface area contributed by atoms with Crippen LogP contribution in [-0.4, -0.2) is 44.8 Å². The third-order valence-corrected chi connectivity index (χ3v) is 5.44. The molecule has 1 aliphatic rings. The fourth-order valence-electron chi connectivity index (χ4n) is 3.86. The number of amides is 1. The van der Waals surface area contributed by atoms with Gasteiger partial charge < -0.3 is 4.90 Å². The van der Waals surface area contributed by atoms with Gasteiger partial charge in [-0.3, -0.25) is 9.69 Å². The van der Waals surface area contributed by atoms with Crippen molar-refractivity contribution < 1.29 is 9.18 Å². The molecule has 6 heteroatoms. The van der Waals surface area contributed by atoms with Crippen LogP contribution >= 0.6 is 0 Å². The van der Waals surface area contributed by atoms with E-state index in [1.807, 2.05) is 17.0 Å². The Hall–Kier alpha value is -2.34. The summed E-state index contributed by atoms with van der Waals surface area (Å²) in [5.74, 6) is -0.118. The molecular formula is C21H27FN4O. The average Bonchev–Trinajstić information content (AvgIpc) is 2.93. The lowest BCUT2D eigenvalue weighted by molar-refractivity contribution is -0.132. The molecule has 2 unspecified atom stereocenters. The summed E-state index contributed by atoms with van der Waals surface area (Å²) in [7, 11) is 0. The number of carbonyl (C=O) groups excluding carboxylic acids is 1. The third-order valence-electron chi connectivity index (χ3n) is 5.44. The van der Waals surface area contributed by atoms with Gasteiger partial charge in [0, 0.05) is 50.1 Å². The number of rotatable bonds is 5. The lowest BCUT2D eigenvalue weighted by atomic mass is 10.1. The van der Waals surface area contributed by atoms with Crippen LogP contribution in [-0.2, 0) is 11.3 Å². The van der Waals surface area contributed by atoms with Crippen molar-refractivity contribution in [1.29, 1.82) is 0 Å². The fourth-order valence-corrected chi connectivity index (χ4v) is 3.86. The number of carbonyl (C=O) groups is 1. The van der Waals surface area contributed by atoms with Gasteiger partial charge in [0.25, 0.3) is 0 Å². The molecule has 1 aliphatic heterocycles. The quantitative estimate of drug-likeness (QED) is 0.807. The van der Waals surface area contributed by atoms with E-state index in [9.17, 15) is 9.18 Å². The molecule has 5 nitrogen and oxygen atoms in total. The number of hydrogen-bond donors (Lipinski definition) is 0. The van der Waals surface area contributed by atoms with Crippen LogP contribution in [0.15, 0.2) is 43.0 Å². The molecule has 3 rings (SSSR count). The number of likely N-dealkylation sites (tertiary alicyclic amines) is 1. The molecule has 0 aliphatic carbocycles. The molecule has 2 heterocycles. The molecule has 27 heavy (non-hydrogen) atoms. The fraction of sp³-hybridized carbons (Fsp3) is 0.476. The van der Waals surface area contributed by atoms with Gasteiger partial charge in [-0.05, 0) is 50.4 Å². The first-order valence-corrected chi connectivity index (χ1v) is 9.55. The molecule has 0 N–H and O–H groups in total. The van der Waals surface area contributed by atoms with Crippen LogP contribution in [0.2, 0.25) is 0 Å². The van der Waals surface area contributed by atoms with E-state index in [1.165, 1.54) is 18.5 Å². The van der Waals surface area contributed by atoms with Crippen molar-refractivity contribution >= 4 is 5.91 Å². The van der Waals surface area contributed by atoms with Crippen LogP contribution < -0.4 is 0 Å². The van der Waals surface area contributed by atoms with Crippen LogP contribution in [0, 0.1) is 5.82 Å². The molecule has 0 radical (unpaired) electrons. The van der Waals surface area contributed by atoms with Gasteiger partial charge >= 0.3 is 0 Å². The molecule has 144 valence electrons. The van der Waals surface area contributed by atoms with E-state index in [2.05, 4.69) is 21.8 Å². The van der Waals surface area contributed by atoms with Crippen LogP contribution in [0.4, 0.5) is 4.39 Å². The number of hydrogen-bond acceptors (Lipinski definition) is 4. The van der Waals surface area contributed by atoms with E-state index in [4.69, 9.17) is 0 Å². The number of nitrogens with zero attached hydrogens (tertiary/aromatic N) is 4. The zero-order valence-electron chi connectivity index (χ0n) is 16.0. The summed E-state index contributed by atoms with van der Waals surface area (Å²) < 4.78 is 13.2. The lowest BCUT2D eigenvalue weighted by Gasteiger charge is -2.31. The second-order valence-corrected chi connectivity index (χ2v) is 7.24. The standard InChI is InChI=1S/C21H27FN4O/c1-16(19-5-7-20(22)8-6-19)25-10-3-4-21(9-11-25)26(17(2)27)14-18-12-23-15-24-13-18/h5-8,12-13,15-16,21H,3-4,9-11,14H2,1-2H3. The van der Waals surface area contributed by atoms with Crippen molar-refractivity contribution in [3.63, 3.8) is 0 Å². The maximum absolute atomic E-state index is 13.2. The minimum atomic E-state index is -0.205. The highest BCUT2D eigenvalue weighted by molar-refractivity contribution is 5.73. The second-order valence-electron chi connectivity index (χ2n) is 7.24.